The maximum absolute atomic E-state index is 13.0. The first-order chi connectivity index (χ1) is 10.0. The van der Waals surface area contributed by atoms with E-state index in [1.54, 1.807) is 0 Å². The summed E-state index contributed by atoms with van der Waals surface area (Å²) in [7, 11) is 0. The van der Waals surface area contributed by atoms with Crippen molar-refractivity contribution in [1.29, 1.82) is 0 Å². The second-order valence-corrected chi connectivity index (χ2v) is 5.79. The molecule has 21 heavy (non-hydrogen) atoms. The van der Waals surface area contributed by atoms with Crippen molar-refractivity contribution in [3.05, 3.63) is 24.0 Å². The zero-order valence-electron chi connectivity index (χ0n) is 12.4. The summed E-state index contributed by atoms with van der Waals surface area (Å²) < 4.78 is 18.8. The molecule has 1 aliphatic carbocycles. The normalized spacial score (nSPS) is 22.0. The predicted molar refractivity (Wildman–Crippen MR) is 81.4 cm³/mol. The third-order valence-corrected chi connectivity index (χ3v) is 3.93. The van der Waals surface area contributed by atoms with Crippen LogP contribution in [0.5, 0.6) is 0 Å². The van der Waals surface area contributed by atoms with Crippen molar-refractivity contribution >= 4 is 17.3 Å². The van der Waals surface area contributed by atoms with E-state index in [9.17, 15) is 9.18 Å². The van der Waals surface area contributed by atoms with Crippen molar-refractivity contribution in [3.8, 4) is 0 Å². The molecule has 1 fully saturated rings. The van der Waals surface area contributed by atoms with E-state index in [0.29, 0.717) is 18.7 Å². The molecule has 0 aliphatic heterocycles. The molecule has 116 valence electrons. The Balaban J connectivity index is 1.68. The lowest BCUT2D eigenvalue weighted by molar-refractivity contribution is -0.117. The summed E-state index contributed by atoms with van der Waals surface area (Å²) in [5.41, 5.74) is 5.99. The standard InChI is InChI=1S/C16H23FN2O2/c1-11-2-5-13(6-3-11)21-9-8-16(20)19-12-4-7-14(17)15(18)10-12/h4,7,10-11,13H,2-3,5-6,8-9,18H2,1H3,(H,19,20). The Labute approximate surface area is 124 Å². The average molecular weight is 294 g/mol. The molecular formula is C16H23FN2O2. The van der Waals surface area contributed by atoms with Crippen LogP contribution in [0.1, 0.15) is 39.0 Å². The maximum Gasteiger partial charge on any atom is 0.226 e. The van der Waals surface area contributed by atoms with Crippen LogP contribution in [-0.2, 0) is 9.53 Å². The summed E-state index contributed by atoms with van der Waals surface area (Å²) in [5, 5.41) is 2.69. The number of benzene rings is 1. The lowest BCUT2D eigenvalue weighted by Gasteiger charge is -2.26. The largest absolute Gasteiger partial charge is 0.396 e. The van der Waals surface area contributed by atoms with Crippen LogP contribution in [-0.4, -0.2) is 18.6 Å². The Morgan fingerprint density at radius 3 is 2.76 bits per heavy atom. The average Bonchev–Trinajstić information content (AvgIpc) is 2.45. The van der Waals surface area contributed by atoms with Gasteiger partial charge >= 0.3 is 0 Å². The molecule has 4 nitrogen and oxygen atoms in total. The van der Waals surface area contributed by atoms with Gasteiger partial charge in [-0.2, -0.15) is 0 Å². The first-order valence-electron chi connectivity index (χ1n) is 7.51. The molecule has 0 atom stereocenters. The van der Waals surface area contributed by atoms with Crippen molar-refractivity contribution in [2.45, 2.75) is 45.1 Å². The topological polar surface area (TPSA) is 64.3 Å². The van der Waals surface area contributed by atoms with Gasteiger partial charge < -0.3 is 15.8 Å². The van der Waals surface area contributed by atoms with Crippen LogP contribution in [0, 0.1) is 11.7 Å². The number of hydrogen-bond acceptors (Lipinski definition) is 3. The van der Waals surface area contributed by atoms with Gasteiger partial charge in [0.1, 0.15) is 5.82 Å². The number of rotatable bonds is 5. The van der Waals surface area contributed by atoms with Gasteiger partial charge in [-0.25, -0.2) is 4.39 Å². The summed E-state index contributed by atoms with van der Waals surface area (Å²) in [6, 6.07) is 4.15. The van der Waals surface area contributed by atoms with Gasteiger partial charge in [-0.1, -0.05) is 6.92 Å². The minimum absolute atomic E-state index is 0.0281. The third-order valence-electron chi connectivity index (χ3n) is 3.93. The molecule has 0 heterocycles. The first kappa shape index (κ1) is 15.8. The fourth-order valence-electron chi connectivity index (χ4n) is 2.56. The Bertz CT molecular complexity index is 485. The van der Waals surface area contributed by atoms with Crippen molar-refractivity contribution in [2.24, 2.45) is 5.92 Å². The van der Waals surface area contributed by atoms with Crippen LogP contribution in [0.2, 0.25) is 0 Å². The van der Waals surface area contributed by atoms with Gasteiger partial charge in [0, 0.05) is 5.69 Å². The first-order valence-corrected chi connectivity index (χ1v) is 7.51. The maximum atomic E-state index is 13.0. The number of nitrogens with one attached hydrogen (secondary N) is 1. The SMILES string of the molecule is CC1CCC(OCCC(=O)Nc2ccc(F)c(N)c2)CC1. The van der Waals surface area contributed by atoms with Gasteiger partial charge in [0.15, 0.2) is 0 Å². The number of carbonyl (C=O) groups excluding carboxylic acids is 1. The number of anilines is 2. The number of carbonyl (C=O) groups is 1. The monoisotopic (exact) mass is 294 g/mol. The van der Waals surface area contributed by atoms with Gasteiger partial charge in [0.05, 0.1) is 24.8 Å². The molecule has 3 N–H and O–H groups in total. The molecule has 0 spiro atoms. The number of nitrogen functional groups attached to an aromatic ring is 1. The molecule has 2 rings (SSSR count). The van der Waals surface area contributed by atoms with Crippen LogP contribution >= 0.6 is 0 Å². The van der Waals surface area contributed by atoms with Gasteiger partial charge in [-0.3, -0.25) is 4.79 Å². The molecule has 5 heteroatoms. The highest BCUT2D eigenvalue weighted by atomic mass is 19.1. The number of halogens is 1. The zero-order valence-corrected chi connectivity index (χ0v) is 12.4. The fraction of sp³-hybridized carbons (Fsp3) is 0.562. The van der Waals surface area contributed by atoms with Crippen molar-refractivity contribution in [2.75, 3.05) is 17.7 Å². The highest BCUT2D eigenvalue weighted by Gasteiger charge is 2.18. The second kappa shape index (κ2) is 7.41. The molecule has 0 unspecified atom stereocenters. The third kappa shape index (κ3) is 5.01. The van der Waals surface area contributed by atoms with Gasteiger partial charge in [-0.05, 0) is 49.8 Å². The van der Waals surface area contributed by atoms with Gasteiger partial charge in [0.25, 0.3) is 0 Å². The molecule has 1 amide bonds. The molecule has 0 aromatic heterocycles. The second-order valence-electron chi connectivity index (χ2n) is 5.79. The van der Waals surface area contributed by atoms with E-state index in [4.69, 9.17) is 10.5 Å². The van der Waals surface area contributed by atoms with E-state index < -0.39 is 5.82 Å². The highest BCUT2D eigenvalue weighted by Crippen LogP contribution is 2.25. The van der Waals surface area contributed by atoms with E-state index >= 15 is 0 Å². The van der Waals surface area contributed by atoms with Crippen LogP contribution in [0.3, 0.4) is 0 Å². The molecule has 1 aromatic rings. The molecule has 0 saturated heterocycles. The van der Waals surface area contributed by atoms with Crippen molar-refractivity contribution in [1.82, 2.24) is 0 Å². The number of ether oxygens (including phenoxy) is 1. The lowest BCUT2D eigenvalue weighted by atomic mass is 9.89. The smallest absolute Gasteiger partial charge is 0.226 e. The molecule has 1 saturated carbocycles. The van der Waals surface area contributed by atoms with Crippen LogP contribution in [0.25, 0.3) is 0 Å². The van der Waals surface area contributed by atoms with E-state index in [1.807, 2.05) is 0 Å². The van der Waals surface area contributed by atoms with E-state index in [-0.39, 0.29) is 17.7 Å². The van der Waals surface area contributed by atoms with Crippen LogP contribution in [0.15, 0.2) is 18.2 Å². The number of amides is 1. The summed E-state index contributed by atoms with van der Waals surface area (Å²) in [6.07, 6.45) is 5.14. The number of hydrogen-bond donors (Lipinski definition) is 2. The number of nitrogens with two attached hydrogens (primary N) is 1. The van der Waals surface area contributed by atoms with Crippen LogP contribution < -0.4 is 11.1 Å². The molecule has 1 aromatic carbocycles. The minimum atomic E-state index is -0.483. The van der Waals surface area contributed by atoms with Crippen molar-refractivity contribution in [3.63, 3.8) is 0 Å². The molecule has 1 aliphatic rings. The molecular weight excluding hydrogens is 271 g/mol. The Morgan fingerprint density at radius 1 is 1.38 bits per heavy atom. The summed E-state index contributed by atoms with van der Waals surface area (Å²) >= 11 is 0. The fourth-order valence-corrected chi connectivity index (χ4v) is 2.56. The van der Waals surface area contributed by atoms with Crippen molar-refractivity contribution < 1.29 is 13.9 Å². The minimum Gasteiger partial charge on any atom is -0.396 e. The summed E-state index contributed by atoms with van der Waals surface area (Å²) in [5.74, 6) is 0.158. The van der Waals surface area contributed by atoms with E-state index in [2.05, 4.69) is 12.2 Å². The quantitative estimate of drug-likeness (QED) is 0.819. The highest BCUT2D eigenvalue weighted by molar-refractivity contribution is 5.91. The van der Waals surface area contributed by atoms with Gasteiger partial charge in [-0.15, -0.1) is 0 Å². The van der Waals surface area contributed by atoms with Gasteiger partial charge in [0.2, 0.25) is 5.91 Å². The van der Waals surface area contributed by atoms with E-state index in [1.165, 1.54) is 31.0 Å². The Kier molecular flexibility index (Phi) is 5.56. The summed E-state index contributed by atoms with van der Waals surface area (Å²) in [6.45, 7) is 2.68. The lowest BCUT2D eigenvalue weighted by Crippen LogP contribution is -2.22. The van der Waals surface area contributed by atoms with Crippen LogP contribution in [0.4, 0.5) is 15.8 Å². The molecule has 0 radical (unpaired) electrons. The summed E-state index contributed by atoms with van der Waals surface area (Å²) in [4.78, 5) is 11.8. The Hall–Kier alpha value is -1.62. The van der Waals surface area contributed by atoms with E-state index in [0.717, 1.165) is 18.8 Å². The Morgan fingerprint density at radius 2 is 2.10 bits per heavy atom. The molecule has 0 bridgehead atoms. The predicted octanol–water partition coefficient (Wildman–Crippen LogP) is 3.33. The zero-order chi connectivity index (χ0) is 15.2.